The number of hydrogen-bond acceptors (Lipinski definition) is 4. The van der Waals surface area contributed by atoms with Gasteiger partial charge in [-0.25, -0.2) is 0 Å². The number of carboxylic acid groups (broad SMARTS) is 1. The lowest BCUT2D eigenvalue weighted by Gasteiger charge is -1.97. The van der Waals surface area contributed by atoms with Gasteiger partial charge in [0, 0.05) is 23.7 Å². The zero-order valence-corrected chi connectivity index (χ0v) is 9.47. The molecule has 0 radical (unpaired) electrons. The van der Waals surface area contributed by atoms with Crippen LogP contribution in [0.25, 0.3) is 0 Å². The second-order valence-corrected chi connectivity index (χ2v) is 3.92. The smallest absolute Gasteiger partial charge is 0.303 e. The molecule has 1 heterocycles. The SMILES string of the molecule is O=C(O)CCC(=O)/C=C1/Nc2ccccc2C1=O. The van der Waals surface area contributed by atoms with Crippen LogP contribution in [0.5, 0.6) is 0 Å². The number of para-hydroxylation sites is 1. The predicted octanol–water partition coefficient (Wildman–Crippen LogP) is 1.61. The Morgan fingerprint density at radius 2 is 1.94 bits per heavy atom. The van der Waals surface area contributed by atoms with Gasteiger partial charge in [0.05, 0.1) is 12.1 Å². The van der Waals surface area contributed by atoms with Crippen LogP contribution >= 0.6 is 0 Å². The summed E-state index contributed by atoms with van der Waals surface area (Å²) in [6.07, 6.45) is 0.833. The molecule has 0 spiro atoms. The van der Waals surface area contributed by atoms with Gasteiger partial charge in [-0.05, 0) is 12.1 Å². The van der Waals surface area contributed by atoms with Crippen LogP contribution < -0.4 is 5.32 Å². The number of rotatable bonds is 4. The highest BCUT2D eigenvalue weighted by Gasteiger charge is 2.24. The first kappa shape index (κ1) is 12.0. The zero-order valence-electron chi connectivity index (χ0n) is 9.47. The number of carbonyl (C=O) groups excluding carboxylic acids is 2. The first-order valence-corrected chi connectivity index (χ1v) is 5.45. The molecule has 1 aromatic carbocycles. The number of allylic oxidation sites excluding steroid dienone is 2. The van der Waals surface area contributed by atoms with Crippen molar-refractivity contribution in [2.45, 2.75) is 12.8 Å². The highest BCUT2D eigenvalue weighted by Crippen LogP contribution is 2.27. The minimum atomic E-state index is -1.03. The van der Waals surface area contributed by atoms with Crippen LogP contribution in [0.1, 0.15) is 23.2 Å². The Labute approximate surface area is 103 Å². The third-order valence-electron chi connectivity index (χ3n) is 2.58. The first-order chi connectivity index (χ1) is 8.58. The quantitative estimate of drug-likeness (QED) is 0.787. The number of hydrogen-bond donors (Lipinski definition) is 2. The van der Waals surface area contributed by atoms with Crippen LogP contribution in [-0.4, -0.2) is 22.6 Å². The van der Waals surface area contributed by atoms with Gasteiger partial charge in [0.2, 0.25) is 5.78 Å². The van der Waals surface area contributed by atoms with E-state index >= 15 is 0 Å². The molecule has 0 saturated carbocycles. The molecule has 0 aromatic heterocycles. The standard InChI is InChI=1S/C13H11NO4/c15-8(5-6-12(16)17)7-11-13(18)9-3-1-2-4-10(9)14-11/h1-4,7,14H,5-6H2,(H,16,17)/b11-7+. The van der Waals surface area contributed by atoms with Crippen molar-refractivity contribution in [3.05, 3.63) is 41.6 Å². The van der Waals surface area contributed by atoms with E-state index in [1.165, 1.54) is 6.08 Å². The minimum Gasteiger partial charge on any atom is -0.481 e. The van der Waals surface area contributed by atoms with Crippen molar-refractivity contribution in [3.8, 4) is 0 Å². The minimum absolute atomic E-state index is 0.107. The highest BCUT2D eigenvalue weighted by molar-refractivity contribution is 6.20. The molecule has 0 unspecified atom stereocenters. The fourth-order valence-corrected chi connectivity index (χ4v) is 1.70. The van der Waals surface area contributed by atoms with E-state index in [0.29, 0.717) is 11.3 Å². The number of benzene rings is 1. The molecule has 2 rings (SSSR count). The molecule has 1 aliphatic rings. The summed E-state index contributed by atoms with van der Waals surface area (Å²) in [7, 11) is 0. The number of carbonyl (C=O) groups is 3. The Hall–Kier alpha value is -2.43. The van der Waals surface area contributed by atoms with Gasteiger partial charge in [-0.2, -0.15) is 0 Å². The average molecular weight is 245 g/mol. The lowest BCUT2D eigenvalue weighted by molar-refractivity contribution is -0.138. The number of ketones is 2. The van der Waals surface area contributed by atoms with Crippen LogP contribution in [0.15, 0.2) is 36.0 Å². The van der Waals surface area contributed by atoms with E-state index in [1.807, 2.05) is 0 Å². The maximum atomic E-state index is 11.9. The number of Topliss-reactive ketones (excluding diaryl/α,β-unsaturated/α-hetero) is 1. The van der Waals surface area contributed by atoms with Gasteiger partial charge in [-0.3, -0.25) is 14.4 Å². The zero-order chi connectivity index (χ0) is 13.1. The largest absolute Gasteiger partial charge is 0.481 e. The van der Waals surface area contributed by atoms with Gasteiger partial charge < -0.3 is 10.4 Å². The number of aliphatic carboxylic acids is 1. The van der Waals surface area contributed by atoms with Crippen molar-refractivity contribution in [1.29, 1.82) is 0 Å². The first-order valence-electron chi connectivity index (χ1n) is 5.45. The monoisotopic (exact) mass is 245 g/mol. The summed E-state index contributed by atoms with van der Waals surface area (Å²) in [5.41, 5.74) is 1.39. The Bertz CT molecular complexity index is 560. The molecule has 0 amide bonds. The molecule has 1 aliphatic heterocycles. The van der Waals surface area contributed by atoms with Crippen molar-refractivity contribution in [3.63, 3.8) is 0 Å². The average Bonchev–Trinajstić information content (AvgIpc) is 2.65. The van der Waals surface area contributed by atoms with Gasteiger partial charge in [-0.1, -0.05) is 12.1 Å². The van der Waals surface area contributed by atoms with Crippen molar-refractivity contribution in [2.75, 3.05) is 5.32 Å². The second kappa shape index (κ2) is 4.83. The van der Waals surface area contributed by atoms with E-state index < -0.39 is 5.97 Å². The lowest BCUT2D eigenvalue weighted by Crippen LogP contribution is -2.06. The summed E-state index contributed by atoms with van der Waals surface area (Å²) in [5.74, 6) is -1.65. The van der Waals surface area contributed by atoms with Gasteiger partial charge in [0.15, 0.2) is 5.78 Å². The molecule has 5 heteroatoms. The number of nitrogens with one attached hydrogen (secondary N) is 1. The summed E-state index contributed by atoms with van der Waals surface area (Å²) >= 11 is 0. The molecule has 92 valence electrons. The van der Waals surface area contributed by atoms with E-state index in [-0.39, 0.29) is 30.1 Å². The number of anilines is 1. The second-order valence-electron chi connectivity index (χ2n) is 3.92. The maximum Gasteiger partial charge on any atom is 0.303 e. The van der Waals surface area contributed by atoms with Gasteiger partial charge in [0.25, 0.3) is 0 Å². The molecule has 0 saturated heterocycles. The van der Waals surface area contributed by atoms with E-state index in [1.54, 1.807) is 24.3 Å². The van der Waals surface area contributed by atoms with Crippen LogP contribution in [-0.2, 0) is 9.59 Å². The fourth-order valence-electron chi connectivity index (χ4n) is 1.70. The van der Waals surface area contributed by atoms with E-state index in [9.17, 15) is 14.4 Å². The molecule has 0 fully saturated rings. The Kier molecular flexibility index (Phi) is 3.23. The van der Waals surface area contributed by atoms with Crippen molar-refractivity contribution in [1.82, 2.24) is 0 Å². The summed E-state index contributed by atoms with van der Waals surface area (Å²) < 4.78 is 0. The van der Waals surface area contributed by atoms with Crippen molar-refractivity contribution >= 4 is 23.2 Å². The lowest BCUT2D eigenvalue weighted by atomic mass is 10.1. The summed E-state index contributed by atoms with van der Waals surface area (Å²) in [6.45, 7) is 0. The number of carboxylic acids is 1. The van der Waals surface area contributed by atoms with Crippen LogP contribution in [0, 0.1) is 0 Å². The number of fused-ring (bicyclic) bond motifs is 1. The molecular formula is C13H11NO4. The highest BCUT2D eigenvalue weighted by atomic mass is 16.4. The molecular weight excluding hydrogens is 234 g/mol. The van der Waals surface area contributed by atoms with Crippen LogP contribution in [0.4, 0.5) is 5.69 Å². The van der Waals surface area contributed by atoms with Crippen LogP contribution in [0.3, 0.4) is 0 Å². The Morgan fingerprint density at radius 1 is 1.22 bits per heavy atom. The van der Waals surface area contributed by atoms with Crippen molar-refractivity contribution < 1.29 is 19.5 Å². The molecule has 1 aromatic rings. The van der Waals surface area contributed by atoms with E-state index in [2.05, 4.69) is 5.32 Å². The third kappa shape index (κ3) is 2.45. The normalized spacial score (nSPS) is 15.3. The molecule has 0 bridgehead atoms. The van der Waals surface area contributed by atoms with Gasteiger partial charge in [0.1, 0.15) is 0 Å². The molecule has 5 nitrogen and oxygen atoms in total. The van der Waals surface area contributed by atoms with E-state index in [4.69, 9.17) is 5.11 Å². The molecule has 0 atom stereocenters. The Morgan fingerprint density at radius 3 is 2.61 bits per heavy atom. The maximum absolute atomic E-state index is 11.9. The van der Waals surface area contributed by atoms with Crippen molar-refractivity contribution in [2.24, 2.45) is 0 Å². The van der Waals surface area contributed by atoms with Crippen LogP contribution in [0.2, 0.25) is 0 Å². The molecule has 2 N–H and O–H groups in total. The van der Waals surface area contributed by atoms with Gasteiger partial charge in [-0.15, -0.1) is 0 Å². The predicted molar refractivity (Wildman–Crippen MR) is 64.4 cm³/mol. The summed E-state index contributed by atoms with van der Waals surface area (Å²) in [5, 5.41) is 11.3. The van der Waals surface area contributed by atoms with E-state index in [0.717, 1.165) is 0 Å². The summed E-state index contributed by atoms with van der Waals surface area (Å²) in [6, 6.07) is 6.95. The summed E-state index contributed by atoms with van der Waals surface area (Å²) in [4.78, 5) is 33.7. The Balaban J connectivity index is 2.11. The topological polar surface area (TPSA) is 83.5 Å². The van der Waals surface area contributed by atoms with Gasteiger partial charge >= 0.3 is 5.97 Å². The molecule has 0 aliphatic carbocycles. The fraction of sp³-hybridized carbons (Fsp3) is 0.154. The third-order valence-corrected chi connectivity index (χ3v) is 2.58. The molecule has 18 heavy (non-hydrogen) atoms.